The van der Waals surface area contributed by atoms with Gasteiger partial charge in [-0.05, 0) is 42.0 Å². The smallest absolute Gasteiger partial charge is 0.119 e. The van der Waals surface area contributed by atoms with E-state index in [1.807, 2.05) is 0 Å². The molecule has 0 aliphatic rings. The predicted octanol–water partition coefficient (Wildman–Crippen LogP) is 3.72. The fourth-order valence-electron chi connectivity index (χ4n) is 2.02. The number of hydrogen-bond acceptors (Lipinski definition) is 4. The van der Waals surface area contributed by atoms with Crippen molar-refractivity contribution in [1.82, 2.24) is 0 Å². The molecule has 1 atom stereocenters. The molecule has 0 fully saturated rings. The zero-order valence-electron chi connectivity index (χ0n) is 11.6. The molecule has 4 nitrogen and oxygen atoms in total. The predicted molar refractivity (Wildman–Crippen MR) is 71.2 cm³/mol. The first-order chi connectivity index (χ1) is 8.28. The third kappa shape index (κ3) is 5.38. The van der Waals surface area contributed by atoms with Gasteiger partial charge in [-0.25, -0.2) is 0 Å². The summed E-state index contributed by atoms with van der Waals surface area (Å²) in [7, 11) is 0. The van der Waals surface area contributed by atoms with Crippen LogP contribution in [0.4, 0.5) is 5.69 Å². The zero-order chi connectivity index (χ0) is 13.8. The third-order valence-corrected chi connectivity index (χ3v) is 2.56. The standard InChI is InChI=1S/C14H23NO3/c1-11(9-14(2,3)4)10-18-13-7-5-12(6-8-13)15(16)17/h5-8,11,16-17H,9-10H2,1-4H3/t11-/m1/s1. The van der Waals surface area contributed by atoms with Crippen LogP contribution < -0.4 is 9.96 Å². The first kappa shape index (κ1) is 14.8. The summed E-state index contributed by atoms with van der Waals surface area (Å²) in [5.74, 6) is 1.22. The highest BCUT2D eigenvalue weighted by Gasteiger charge is 2.15. The second-order valence-corrected chi connectivity index (χ2v) is 5.96. The Kier molecular flexibility index (Phi) is 4.99. The van der Waals surface area contributed by atoms with E-state index in [1.165, 1.54) is 0 Å². The van der Waals surface area contributed by atoms with E-state index in [0.29, 0.717) is 23.6 Å². The Morgan fingerprint density at radius 3 is 2.17 bits per heavy atom. The Labute approximate surface area is 109 Å². The van der Waals surface area contributed by atoms with E-state index in [-0.39, 0.29) is 5.23 Å². The van der Waals surface area contributed by atoms with Crippen LogP contribution in [-0.2, 0) is 0 Å². The van der Waals surface area contributed by atoms with Crippen molar-refractivity contribution >= 4 is 5.69 Å². The van der Waals surface area contributed by atoms with Crippen molar-refractivity contribution in [2.75, 3.05) is 11.8 Å². The van der Waals surface area contributed by atoms with Crippen LogP contribution in [0, 0.1) is 11.3 Å². The highest BCUT2D eigenvalue weighted by atomic mass is 16.8. The molecule has 4 heteroatoms. The molecule has 102 valence electrons. The molecule has 0 aliphatic heterocycles. The fourth-order valence-corrected chi connectivity index (χ4v) is 2.02. The number of anilines is 1. The van der Waals surface area contributed by atoms with Crippen LogP contribution in [-0.4, -0.2) is 17.0 Å². The largest absolute Gasteiger partial charge is 0.493 e. The Morgan fingerprint density at radius 1 is 1.17 bits per heavy atom. The van der Waals surface area contributed by atoms with Crippen LogP contribution in [0.1, 0.15) is 34.1 Å². The molecule has 0 aliphatic carbocycles. The number of rotatable bonds is 5. The second-order valence-electron chi connectivity index (χ2n) is 5.96. The summed E-state index contributed by atoms with van der Waals surface area (Å²) in [5, 5.41) is 17.7. The number of benzene rings is 1. The SMILES string of the molecule is C[C@@H](COc1ccc(N(O)O)cc1)CC(C)(C)C. The zero-order valence-corrected chi connectivity index (χ0v) is 11.6. The molecule has 1 rings (SSSR count). The van der Waals surface area contributed by atoms with Crippen molar-refractivity contribution in [1.29, 1.82) is 0 Å². The van der Waals surface area contributed by atoms with Gasteiger partial charge in [0.1, 0.15) is 5.75 Å². The summed E-state index contributed by atoms with van der Waals surface area (Å²) in [6.07, 6.45) is 1.10. The van der Waals surface area contributed by atoms with E-state index in [0.717, 1.165) is 12.2 Å². The van der Waals surface area contributed by atoms with Gasteiger partial charge in [0.05, 0.1) is 12.3 Å². The number of ether oxygens (including phenoxy) is 1. The molecule has 0 heterocycles. The van der Waals surface area contributed by atoms with Crippen molar-refractivity contribution in [3.63, 3.8) is 0 Å². The highest BCUT2D eigenvalue weighted by Crippen LogP contribution is 2.25. The van der Waals surface area contributed by atoms with Crippen molar-refractivity contribution in [2.24, 2.45) is 11.3 Å². The summed E-state index contributed by atoms with van der Waals surface area (Å²) >= 11 is 0. The lowest BCUT2D eigenvalue weighted by atomic mass is 9.86. The molecule has 0 saturated heterocycles. The molecular formula is C14H23NO3. The van der Waals surface area contributed by atoms with E-state index in [9.17, 15) is 0 Å². The van der Waals surface area contributed by atoms with Gasteiger partial charge in [-0.2, -0.15) is 0 Å². The van der Waals surface area contributed by atoms with Crippen LogP contribution in [0.2, 0.25) is 0 Å². The molecule has 2 N–H and O–H groups in total. The van der Waals surface area contributed by atoms with Crippen molar-refractivity contribution < 1.29 is 15.2 Å². The lowest BCUT2D eigenvalue weighted by molar-refractivity contribution is 0.0291. The molecule has 0 radical (unpaired) electrons. The summed E-state index contributed by atoms with van der Waals surface area (Å²) < 4.78 is 5.67. The Hall–Kier alpha value is -1.26. The minimum Gasteiger partial charge on any atom is -0.493 e. The molecule has 0 spiro atoms. The van der Waals surface area contributed by atoms with Gasteiger partial charge in [-0.15, -0.1) is 5.23 Å². The van der Waals surface area contributed by atoms with Crippen LogP contribution in [0.3, 0.4) is 0 Å². The maximum Gasteiger partial charge on any atom is 0.119 e. The van der Waals surface area contributed by atoms with Gasteiger partial charge in [0, 0.05) is 0 Å². The lowest BCUT2D eigenvalue weighted by Gasteiger charge is -2.23. The fraction of sp³-hybridized carbons (Fsp3) is 0.571. The van der Waals surface area contributed by atoms with E-state index in [1.54, 1.807) is 24.3 Å². The van der Waals surface area contributed by atoms with Crippen molar-refractivity contribution in [3.05, 3.63) is 24.3 Å². The normalized spacial score (nSPS) is 13.2. The van der Waals surface area contributed by atoms with Crippen LogP contribution in [0.15, 0.2) is 24.3 Å². The number of hydrogen-bond donors (Lipinski definition) is 2. The van der Waals surface area contributed by atoms with E-state index >= 15 is 0 Å². The monoisotopic (exact) mass is 253 g/mol. The van der Waals surface area contributed by atoms with Gasteiger partial charge in [-0.3, -0.25) is 10.4 Å². The molecule has 0 saturated carbocycles. The van der Waals surface area contributed by atoms with Crippen molar-refractivity contribution in [3.8, 4) is 5.75 Å². The van der Waals surface area contributed by atoms with Crippen LogP contribution in [0.5, 0.6) is 5.75 Å². The Morgan fingerprint density at radius 2 is 1.72 bits per heavy atom. The topological polar surface area (TPSA) is 52.9 Å². The van der Waals surface area contributed by atoms with Gasteiger partial charge in [0.25, 0.3) is 0 Å². The minimum absolute atomic E-state index is 0.0893. The van der Waals surface area contributed by atoms with E-state index < -0.39 is 0 Å². The molecule has 0 amide bonds. The summed E-state index contributed by atoms with van der Waals surface area (Å²) in [4.78, 5) is 0. The first-order valence-corrected chi connectivity index (χ1v) is 6.19. The molecule has 0 bridgehead atoms. The summed E-state index contributed by atoms with van der Waals surface area (Å²) in [6, 6.07) is 6.62. The quantitative estimate of drug-likeness (QED) is 0.785. The Bertz CT molecular complexity index is 354. The minimum atomic E-state index is 0.0893. The molecule has 1 aromatic rings. The maximum absolute atomic E-state index is 8.81. The highest BCUT2D eigenvalue weighted by molar-refractivity contribution is 5.44. The van der Waals surface area contributed by atoms with Crippen LogP contribution in [0.25, 0.3) is 0 Å². The first-order valence-electron chi connectivity index (χ1n) is 6.19. The van der Waals surface area contributed by atoms with Gasteiger partial charge >= 0.3 is 0 Å². The maximum atomic E-state index is 8.81. The molecule has 18 heavy (non-hydrogen) atoms. The average Bonchev–Trinajstić information content (AvgIpc) is 2.24. The number of nitrogens with zero attached hydrogens (tertiary/aromatic N) is 1. The third-order valence-electron chi connectivity index (χ3n) is 2.56. The Balaban J connectivity index is 2.44. The van der Waals surface area contributed by atoms with Gasteiger partial charge in [0.2, 0.25) is 0 Å². The van der Waals surface area contributed by atoms with Crippen molar-refractivity contribution in [2.45, 2.75) is 34.1 Å². The second kappa shape index (κ2) is 6.07. The van der Waals surface area contributed by atoms with Gasteiger partial charge in [0.15, 0.2) is 0 Å². The summed E-state index contributed by atoms with van der Waals surface area (Å²) in [5.41, 5.74) is 0.617. The molecule has 0 unspecified atom stereocenters. The average molecular weight is 253 g/mol. The molecule has 1 aromatic carbocycles. The lowest BCUT2D eigenvalue weighted by Crippen LogP contribution is -2.16. The molecular weight excluding hydrogens is 230 g/mol. The van der Waals surface area contributed by atoms with Crippen LogP contribution >= 0.6 is 0 Å². The summed E-state index contributed by atoms with van der Waals surface area (Å²) in [6.45, 7) is 9.49. The van der Waals surface area contributed by atoms with Gasteiger partial charge < -0.3 is 4.74 Å². The van der Waals surface area contributed by atoms with E-state index in [4.69, 9.17) is 15.2 Å². The van der Waals surface area contributed by atoms with Gasteiger partial charge in [-0.1, -0.05) is 27.7 Å². The molecule has 0 aromatic heterocycles. The van der Waals surface area contributed by atoms with E-state index in [2.05, 4.69) is 27.7 Å².